The highest BCUT2D eigenvalue weighted by molar-refractivity contribution is 4.71. The summed E-state index contributed by atoms with van der Waals surface area (Å²) in [5.41, 5.74) is 0. The summed E-state index contributed by atoms with van der Waals surface area (Å²) in [7, 11) is 2.19. The Kier molecular flexibility index (Phi) is 20.6. The van der Waals surface area contributed by atoms with Crippen LogP contribution in [-0.4, -0.2) is 134 Å². The van der Waals surface area contributed by atoms with Crippen LogP contribution in [0.5, 0.6) is 0 Å². The molecule has 0 bridgehead atoms. The van der Waals surface area contributed by atoms with Crippen molar-refractivity contribution in [2.24, 2.45) is 0 Å². The molecule has 0 aliphatic carbocycles. The van der Waals surface area contributed by atoms with Gasteiger partial charge < -0.3 is 19.4 Å². The lowest BCUT2D eigenvalue weighted by atomic mass is 10.2. The molecular formula is C29H65N5O. The Bertz CT molecular complexity index is 442. The van der Waals surface area contributed by atoms with Gasteiger partial charge in [-0.05, 0) is 101 Å². The third-order valence-electron chi connectivity index (χ3n) is 7.46. The van der Waals surface area contributed by atoms with Crippen molar-refractivity contribution in [1.82, 2.24) is 24.5 Å². The molecule has 3 rings (SSSR count). The predicted molar refractivity (Wildman–Crippen MR) is 156 cm³/mol. The van der Waals surface area contributed by atoms with E-state index < -0.39 is 0 Å². The summed E-state index contributed by atoms with van der Waals surface area (Å²) in [6.07, 6.45) is 2.83. The number of hydrogen-bond donors (Lipinski definition) is 0. The second kappa shape index (κ2) is 20.8. The van der Waals surface area contributed by atoms with E-state index in [1.807, 2.05) is 0 Å². The maximum Gasteiger partial charge on any atom is 0.0594 e. The highest BCUT2D eigenvalue weighted by atomic mass is 16.5. The lowest BCUT2D eigenvalue weighted by Crippen LogP contribution is -2.47. The number of hydrogen-bond acceptors (Lipinski definition) is 6. The van der Waals surface area contributed by atoms with E-state index >= 15 is 0 Å². The van der Waals surface area contributed by atoms with Crippen molar-refractivity contribution in [2.45, 2.75) is 106 Å². The number of ether oxygens (including phenoxy) is 1. The van der Waals surface area contributed by atoms with Gasteiger partial charge in [-0.25, -0.2) is 0 Å². The van der Waals surface area contributed by atoms with Crippen LogP contribution in [0.25, 0.3) is 0 Å². The molecule has 0 aromatic carbocycles. The number of nitrogens with zero attached hydrogens (tertiary/aromatic N) is 5. The lowest BCUT2D eigenvalue weighted by molar-refractivity contribution is 0.0238. The molecule has 6 nitrogen and oxygen atoms in total. The van der Waals surface area contributed by atoms with Crippen LogP contribution in [0.1, 0.15) is 82.1 Å². The van der Waals surface area contributed by atoms with Crippen molar-refractivity contribution >= 4 is 0 Å². The van der Waals surface area contributed by atoms with Crippen LogP contribution < -0.4 is 0 Å². The van der Waals surface area contributed by atoms with E-state index in [1.165, 1.54) is 65.2 Å². The van der Waals surface area contributed by atoms with Crippen molar-refractivity contribution in [3.05, 3.63) is 0 Å². The van der Waals surface area contributed by atoms with Crippen molar-refractivity contribution in [1.29, 1.82) is 0 Å². The molecule has 0 amide bonds. The Balaban J connectivity index is 0.000000443. The molecule has 0 N–H and O–H groups in total. The zero-order valence-electron chi connectivity index (χ0n) is 25.9. The molecule has 0 aromatic rings. The normalized spacial score (nSPS) is 20.6. The number of piperazine rings is 1. The summed E-state index contributed by atoms with van der Waals surface area (Å²) in [6.45, 7) is 36.4. The number of likely N-dealkylation sites (N-methyl/N-ethyl adjacent to an activating group) is 1. The quantitative estimate of drug-likeness (QED) is 0.530. The molecule has 35 heavy (non-hydrogen) atoms. The largest absolute Gasteiger partial charge is 0.379 e. The standard InChI is InChI=1S/C8H18N2.C7H15NO.C7H15N.C7H17N/c1-8(2)10-6-4-9(3)5-7-10;1-7(2)8-3-5-9-6-4-8;1-7(2)8-5-3-4-6-8;1-5-8(6-2)7(3)4/h8H,4-7H2,1-3H3;7H,3-6H2,1-2H3;7H,3-6H2,1-2H3;7H,5-6H2,1-4H3. The van der Waals surface area contributed by atoms with E-state index in [2.05, 4.69) is 101 Å². The van der Waals surface area contributed by atoms with Gasteiger partial charge in [-0.3, -0.25) is 9.80 Å². The minimum atomic E-state index is 0.689. The minimum absolute atomic E-state index is 0.689. The van der Waals surface area contributed by atoms with Crippen LogP contribution >= 0.6 is 0 Å². The van der Waals surface area contributed by atoms with Crippen LogP contribution in [0.2, 0.25) is 0 Å². The molecule has 0 radical (unpaired) electrons. The first-order valence-corrected chi connectivity index (χ1v) is 14.8. The van der Waals surface area contributed by atoms with Gasteiger partial charge in [-0.15, -0.1) is 0 Å². The highest BCUT2D eigenvalue weighted by Gasteiger charge is 2.15. The maximum absolute atomic E-state index is 5.21. The topological polar surface area (TPSA) is 25.4 Å². The number of likely N-dealkylation sites (tertiary alicyclic amines) is 1. The van der Waals surface area contributed by atoms with E-state index in [4.69, 9.17) is 4.74 Å². The molecule has 3 saturated heterocycles. The molecule has 212 valence electrons. The van der Waals surface area contributed by atoms with Crippen LogP contribution in [0.4, 0.5) is 0 Å². The molecule has 3 aliphatic heterocycles. The van der Waals surface area contributed by atoms with E-state index in [1.54, 1.807) is 0 Å². The molecule has 0 aromatic heterocycles. The van der Waals surface area contributed by atoms with Gasteiger partial charge in [0.25, 0.3) is 0 Å². The predicted octanol–water partition coefficient (Wildman–Crippen LogP) is 4.60. The maximum atomic E-state index is 5.21. The van der Waals surface area contributed by atoms with Crippen molar-refractivity contribution in [3.63, 3.8) is 0 Å². The fraction of sp³-hybridized carbons (Fsp3) is 1.00. The molecule has 0 atom stereocenters. The Labute approximate surface area is 221 Å². The van der Waals surface area contributed by atoms with Crippen LogP contribution in [0.15, 0.2) is 0 Å². The third-order valence-corrected chi connectivity index (χ3v) is 7.46. The first kappa shape index (κ1) is 34.8. The Morgan fingerprint density at radius 1 is 0.571 bits per heavy atom. The summed E-state index contributed by atoms with van der Waals surface area (Å²) in [4.78, 5) is 12.3. The minimum Gasteiger partial charge on any atom is -0.379 e. The Morgan fingerprint density at radius 3 is 1.20 bits per heavy atom. The second-order valence-electron chi connectivity index (χ2n) is 11.3. The first-order valence-electron chi connectivity index (χ1n) is 14.8. The summed E-state index contributed by atoms with van der Waals surface area (Å²) in [6, 6.07) is 2.91. The Hall–Kier alpha value is -0.240. The van der Waals surface area contributed by atoms with Crippen molar-refractivity contribution < 1.29 is 4.74 Å². The average Bonchev–Trinajstić information content (AvgIpc) is 3.37. The van der Waals surface area contributed by atoms with E-state index in [0.29, 0.717) is 12.1 Å². The summed E-state index contributed by atoms with van der Waals surface area (Å²) in [5.74, 6) is 0. The average molecular weight is 500 g/mol. The fourth-order valence-corrected chi connectivity index (χ4v) is 4.64. The van der Waals surface area contributed by atoms with Gasteiger partial charge in [-0.1, -0.05) is 13.8 Å². The number of morpholine rings is 1. The second-order valence-corrected chi connectivity index (χ2v) is 11.3. The van der Waals surface area contributed by atoms with Gasteiger partial charge in [0.05, 0.1) is 13.2 Å². The third kappa shape index (κ3) is 17.0. The number of rotatable bonds is 6. The molecule has 0 saturated carbocycles. The first-order chi connectivity index (χ1) is 16.5. The molecule has 6 heteroatoms. The fourth-order valence-electron chi connectivity index (χ4n) is 4.64. The van der Waals surface area contributed by atoms with Crippen LogP contribution in [-0.2, 0) is 4.74 Å². The van der Waals surface area contributed by atoms with Gasteiger partial charge in [-0.2, -0.15) is 0 Å². The SMILES string of the molecule is CC(C)N1CCCC1.CC(C)N1CCN(C)CC1.CC(C)N1CCOCC1.CCN(CC)C(C)C. The zero-order chi connectivity index (χ0) is 26.8. The molecule has 0 unspecified atom stereocenters. The summed E-state index contributed by atoms with van der Waals surface area (Å²) < 4.78 is 5.21. The van der Waals surface area contributed by atoms with Gasteiger partial charge in [0.2, 0.25) is 0 Å². The van der Waals surface area contributed by atoms with Crippen LogP contribution in [0, 0.1) is 0 Å². The molecule has 3 heterocycles. The van der Waals surface area contributed by atoms with Gasteiger partial charge in [0.1, 0.15) is 0 Å². The Morgan fingerprint density at radius 2 is 0.943 bits per heavy atom. The van der Waals surface area contributed by atoms with E-state index in [9.17, 15) is 0 Å². The highest BCUT2D eigenvalue weighted by Crippen LogP contribution is 2.10. The van der Waals surface area contributed by atoms with Gasteiger partial charge in [0, 0.05) is 63.4 Å². The molecule has 0 spiro atoms. The summed E-state index contributed by atoms with van der Waals surface area (Å²) in [5, 5.41) is 0. The zero-order valence-corrected chi connectivity index (χ0v) is 25.9. The van der Waals surface area contributed by atoms with Crippen LogP contribution in [0.3, 0.4) is 0 Å². The monoisotopic (exact) mass is 500 g/mol. The lowest BCUT2D eigenvalue weighted by Gasteiger charge is -2.34. The van der Waals surface area contributed by atoms with E-state index in [0.717, 1.165) is 38.4 Å². The molecular weight excluding hydrogens is 434 g/mol. The smallest absolute Gasteiger partial charge is 0.0594 e. The van der Waals surface area contributed by atoms with E-state index in [-0.39, 0.29) is 0 Å². The molecule has 3 aliphatic rings. The van der Waals surface area contributed by atoms with Crippen molar-refractivity contribution in [2.75, 3.05) is 85.7 Å². The molecule has 3 fully saturated rings. The van der Waals surface area contributed by atoms with Gasteiger partial charge in [0.15, 0.2) is 0 Å². The van der Waals surface area contributed by atoms with Gasteiger partial charge >= 0.3 is 0 Å². The van der Waals surface area contributed by atoms with Crippen molar-refractivity contribution in [3.8, 4) is 0 Å². The summed E-state index contributed by atoms with van der Waals surface area (Å²) >= 11 is 0.